The molecule has 1 aromatic carbocycles. The van der Waals surface area contributed by atoms with Crippen LogP contribution in [0.15, 0.2) is 12.1 Å². The normalized spacial score (nSPS) is 15.0. The van der Waals surface area contributed by atoms with Gasteiger partial charge in [0.1, 0.15) is 5.75 Å². The zero-order chi connectivity index (χ0) is 15.2. The number of carbonyl (C=O) groups excluding carboxylic acids is 1. The summed E-state index contributed by atoms with van der Waals surface area (Å²) in [6, 6.07) is 4.41. The van der Waals surface area contributed by atoms with Crippen LogP contribution in [0, 0.1) is 13.8 Å². The third-order valence-corrected chi connectivity index (χ3v) is 4.44. The van der Waals surface area contributed by atoms with Gasteiger partial charge in [0.25, 0.3) is 0 Å². The molecule has 0 unspecified atom stereocenters. The first kappa shape index (κ1) is 15.7. The summed E-state index contributed by atoms with van der Waals surface area (Å²) in [5.41, 5.74) is 3.67. The van der Waals surface area contributed by atoms with Gasteiger partial charge >= 0.3 is 6.03 Å². The molecule has 0 bridgehead atoms. The van der Waals surface area contributed by atoms with Gasteiger partial charge in [-0.15, -0.1) is 0 Å². The van der Waals surface area contributed by atoms with E-state index >= 15 is 0 Å². The predicted octanol–water partition coefficient (Wildman–Crippen LogP) is 3.10. The van der Waals surface area contributed by atoms with Gasteiger partial charge < -0.3 is 15.4 Å². The molecule has 0 radical (unpaired) electrons. The summed E-state index contributed by atoms with van der Waals surface area (Å²) in [4.78, 5) is 11.8. The van der Waals surface area contributed by atoms with Gasteiger partial charge in [-0.05, 0) is 55.9 Å². The van der Waals surface area contributed by atoms with Gasteiger partial charge in [0.05, 0.1) is 7.11 Å². The number of hydrogen-bond donors (Lipinski definition) is 2. The van der Waals surface area contributed by atoms with Gasteiger partial charge in [-0.2, -0.15) is 0 Å². The van der Waals surface area contributed by atoms with E-state index in [2.05, 4.69) is 30.5 Å². The fourth-order valence-electron chi connectivity index (χ4n) is 2.96. The van der Waals surface area contributed by atoms with Crippen LogP contribution < -0.4 is 15.4 Å². The number of urea groups is 1. The van der Waals surface area contributed by atoms with Gasteiger partial charge in [0.2, 0.25) is 0 Å². The highest BCUT2D eigenvalue weighted by Crippen LogP contribution is 2.24. The average Bonchev–Trinajstić information content (AvgIpc) is 2.96. The molecule has 2 N–H and O–H groups in total. The number of rotatable bonds is 5. The lowest BCUT2D eigenvalue weighted by Gasteiger charge is -2.15. The summed E-state index contributed by atoms with van der Waals surface area (Å²) < 4.78 is 5.32. The molecule has 0 aromatic heterocycles. The molecule has 1 saturated carbocycles. The Morgan fingerprint density at radius 1 is 1.24 bits per heavy atom. The average molecular weight is 290 g/mol. The molecule has 1 fully saturated rings. The fraction of sp³-hybridized carbons (Fsp3) is 0.588. The molecule has 2 rings (SSSR count). The minimum Gasteiger partial charge on any atom is -0.496 e. The first-order valence-corrected chi connectivity index (χ1v) is 7.79. The smallest absolute Gasteiger partial charge is 0.315 e. The van der Waals surface area contributed by atoms with Crippen LogP contribution in [-0.2, 0) is 6.42 Å². The van der Waals surface area contributed by atoms with Crippen molar-refractivity contribution in [3.8, 4) is 5.75 Å². The maximum absolute atomic E-state index is 11.8. The number of nitrogens with one attached hydrogen (secondary N) is 2. The lowest BCUT2D eigenvalue weighted by molar-refractivity contribution is 0.237. The molecule has 0 saturated heterocycles. The van der Waals surface area contributed by atoms with Crippen LogP contribution in [0.5, 0.6) is 5.75 Å². The summed E-state index contributed by atoms with van der Waals surface area (Å²) in [5.74, 6) is 0.920. The van der Waals surface area contributed by atoms with E-state index in [4.69, 9.17) is 4.74 Å². The Kier molecular flexibility index (Phi) is 5.48. The quantitative estimate of drug-likeness (QED) is 0.875. The Bertz CT molecular complexity index is 494. The molecule has 0 atom stereocenters. The topological polar surface area (TPSA) is 50.4 Å². The van der Waals surface area contributed by atoms with Crippen molar-refractivity contribution < 1.29 is 9.53 Å². The number of ether oxygens (including phenoxy) is 1. The van der Waals surface area contributed by atoms with Gasteiger partial charge in [0, 0.05) is 12.6 Å². The first-order valence-electron chi connectivity index (χ1n) is 7.79. The largest absolute Gasteiger partial charge is 0.496 e. The molecule has 4 nitrogen and oxygen atoms in total. The molecular formula is C17H26N2O2. The van der Waals surface area contributed by atoms with Crippen LogP contribution in [0.1, 0.15) is 42.4 Å². The van der Waals surface area contributed by atoms with Crippen molar-refractivity contribution >= 4 is 6.03 Å². The predicted molar refractivity (Wildman–Crippen MR) is 85.0 cm³/mol. The van der Waals surface area contributed by atoms with Crippen molar-refractivity contribution in [2.75, 3.05) is 13.7 Å². The zero-order valence-electron chi connectivity index (χ0n) is 13.3. The van der Waals surface area contributed by atoms with Crippen molar-refractivity contribution in [1.29, 1.82) is 0 Å². The molecular weight excluding hydrogens is 264 g/mol. The van der Waals surface area contributed by atoms with E-state index < -0.39 is 0 Å². The molecule has 4 heteroatoms. The number of amides is 2. The fourth-order valence-corrected chi connectivity index (χ4v) is 2.96. The number of benzene rings is 1. The van der Waals surface area contributed by atoms with Crippen molar-refractivity contribution in [3.05, 3.63) is 28.8 Å². The molecule has 1 aromatic rings. The third-order valence-electron chi connectivity index (χ3n) is 4.44. The first-order chi connectivity index (χ1) is 10.1. The second kappa shape index (κ2) is 7.34. The Balaban J connectivity index is 1.80. The SMILES string of the molecule is COc1ccc(CCNC(=O)NC2CCCC2)c(C)c1C. The monoisotopic (exact) mass is 290 g/mol. The summed E-state index contributed by atoms with van der Waals surface area (Å²) in [7, 11) is 1.69. The molecule has 0 spiro atoms. The molecule has 0 aliphatic heterocycles. The Morgan fingerprint density at radius 2 is 1.95 bits per heavy atom. The van der Waals surface area contributed by atoms with Crippen LogP contribution in [-0.4, -0.2) is 25.7 Å². The summed E-state index contributed by atoms with van der Waals surface area (Å²) in [6.45, 7) is 4.83. The Labute approximate surface area is 127 Å². The van der Waals surface area contributed by atoms with Crippen molar-refractivity contribution in [2.24, 2.45) is 0 Å². The lowest BCUT2D eigenvalue weighted by Crippen LogP contribution is -2.41. The molecule has 116 valence electrons. The second-order valence-corrected chi connectivity index (χ2v) is 5.81. The zero-order valence-corrected chi connectivity index (χ0v) is 13.3. The number of carbonyl (C=O) groups is 1. The highest BCUT2D eigenvalue weighted by Gasteiger charge is 2.16. The molecule has 1 aliphatic rings. The minimum atomic E-state index is -0.0372. The van der Waals surface area contributed by atoms with E-state index in [1.165, 1.54) is 29.5 Å². The van der Waals surface area contributed by atoms with Gasteiger partial charge in [-0.3, -0.25) is 0 Å². The third kappa shape index (κ3) is 4.13. The van der Waals surface area contributed by atoms with Gasteiger partial charge in [0.15, 0.2) is 0 Å². The summed E-state index contributed by atoms with van der Waals surface area (Å²) >= 11 is 0. The van der Waals surface area contributed by atoms with Crippen LogP contribution in [0.2, 0.25) is 0 Å². The molecule has 21 heavy (non-hydrogen) atoms. The van der Waals surface area contributed by atoms with E-state index in [0.717, 1.165) is 25.0 Å². The molecule has 2 amide bonds. The summed E-state index contributed by atoms with van der Waals surface area (Å²) in [6.07, 6.45) is 5.54. The molecule has 0 heterocycles. The van der Waals surface area contributed by atoms with Crippen molar-refractivity contribution in [3.63, 3.8) is 0 Å². The van der Waals surface area contributed by atoms with Crippen molar-refractivity contribution in [2.45, 2.75) is 52.0 Å². The Hall–Kier alpha value is -1.71. The maximum Gasteiger partial charge on any atom is 0.315 e. The van der Waals surface area contributed by atoms with Gasteiger partial charge in [-0.1, -0.05) is 18.9 Å². The van der Waals surface area contributed by atoms with E-state index in [1.807, 2.05) is 6.07 Å². The van der Waals surface area contributed by atoms with Gasteiger partial charge in [-0.25, -0.2) is 4.79 Å². The van der Waals surface area contributed by atoms with Crippen molar-refractivity contribution in [1.82, 2.24) is 10.6 Å². The van der Waals surface area contributed by atoms with Crippen LogP contribution >= 0.6 is 0 Å². The van der Waals surface area contributed by atoms with E-state index in [-0.39, 0.29) is 6.03 Å². The molecule has 1 aliphatic carbocycles. The highest BCUT2D eigenvalue weighted by atomic mass is 16.5. The number of hydrogen-bond acceptors (Lipinski definition) is 2. The Morgan fingerprint density at radius 3 is 2.62 bits per heavy atom. The van der Waals surface area contributed by atoms with Crippen LogP contribution in [0.25, 0.3) is 0 Å². The highest BCUT2D eigenvalue weighted by molar-refractivity contribution is 5.74. The van der Waals surface area contributed by atoms with Crippen LogP contribution in [0.3, 0.4) is 0 Å². The summed E-state index contributed by atoms with van der Waals surface area (Å²) in [5, 5.41) is 5.99. The lowest BCUT2D eigenvalue weighted by atomic mass is 10.00. The van der Waals surface area contributed by atoms with Crippen LogP contribution in [0.4, 0.5) is 4.79 Å². The van der Waals surface area contributed by atoms with E-state index in [0.29, 0.717) is 12.6 Å². The maximum atomic E-state index is 11.8. The number of methoxy groups -OCH3 is 1. The van der Waals surface area contributed by atoms with E-state index in [9.17, 15) is 4.79 Å². The minimum absolute atomic E-state index is 0.0372. The standard InChI is InChI=1S/C17H26N2O2/c1-12-13(2)16(21-3)9-8-14(12)10-11-18-17(20)19-15-6-4-5-7-15/h8-9,15H,4-7,10-11H2,1-3H3,(H2,18,19,20). The van der Waals surface area contributed by atoms with E-state index in [1.54, 1.807) is 7.11 Å². The second-order valence-electron chi connectivity index (χ2n) is 5.81.